The fourth-order valence-electron chi connectivity index (χ4n) is 4.03. The number of nitrogens with zero attached hydrogens (tertiary/aromatic N) is 2. The third-order valence-corrected chi connectivity index (χ3v) is 5.66. The van der Waals surface area contributed by atoms with E-state index in [0.717, 1.165) is 31.9 Å². The summed E-state index contributed by atoms with van der Waals surface area (Å²) >= 11 is 0. The quantitative estimate of drug-likeness (QED) is 0.526. The van der Waals surface area contributed by atoms with E-state index in [1.165, 1.54) is 17.4 Å². The lowest BCUT2D eigenvalue weighted by Gasteiger charge is -2.30. The number of halogens is 3. The molecular weight excluding hydrogens is 435 g/mol. The molecular formula is C23H24F3N5O2. The second kappa shape index (κ2) is 9.13. The highest BCUT2D eigenvalue weighted by atomic mass is 19.4. The first kappa shape index (κ1) is 22.6. The van der Waals surface area contributed by atoms with Gasteiger partial charge in [-0.2, -0.15) is 13.2 Å². The van der Waals surface area contributed by atoms with Crippen LogP contribution in [-0.2, 0) is 11.0 Å². The van der Waals surface area contributed by atoms with Gasteiger partial charge in [0, 0.05) is 36.5 Å². The van der Waals surface area contributed by atoms with Gasteiger partial charge in [-0.25, -0.2) is 4.98 Å². The summed E-state index contributed by atoms with van der Waals surface area (Å²) in [7, 11) is 0. The van der Waals surface area contributed by atoms with Crippen molar-refractivity contribution < 1.29 is 22.8 Å². The predicted octanol–water partition coefficient (Wildman–Crippen LogP) is 4.46. The average Bonchev–Trinajstić information content (AvgIpc) is 3.21. The van der Waals surface area contributed by atoms with Gasteiger partial charge in [-0.15, -0.1) is 0 Å². The smallest absolute Gasteiger partial charge is 0.368 e. The number of rotatable bonds is 5. The normalized spacial score (nSPS) is 18.7. The largest absolute Gasteiger partial charge is 0.434 e. The summed E-state index contributed by atoms with van der Waals surface area (Å²) in [6, 6.07) is 11.7. The topological polar surface area (TPSA) is 87.5 Å². The number of carbonyl (C=O) groups excluding carboxylic acids is 2. The summed E-state index contributed by atoms with van der Waals surface area (Å²) in [5, 5.41) is 9.02. The molecule has 0 radical (unpaired) electrons. The van der Waals surface area contributed by atoms with Gasteiger partial charge in [0.25, 0.3) is 5.91 Å². The maximum atomic E-state index is 13.0. The van der Waals surface area contributed by atoms with Crippen molar-refractivity contribution in [2.24, 2.45) is 0 Å². The summed E-state index contributed by atoms with van der Waals surface area (Å²) in [6.07, 6.45) is -0.458. The molecule has 2 heterocycles. The van der Waals surface area contributed by atoms with Crippen molar-refractivity contribution in [3.05, 3.63) is 59.9 Å². The van der Waals surface area contributed by atoms with E-state index in [-0.39, 0.29) is 29.5 Å². The molecule has 7 nitrogen and oxygen atoms in total. The molecule has 0 saturated heterocycles. The Labute approximate surface area is 188 Å². The molecule has 0 atom stereocenters. The lowest BCUT2D eigenvalue weighted by molar-refractivity contribution is -0.140. The number of nitrogens with one attached hydrogen (secondary N) is 3. The van der Waals surface area contributed by atoms with Crippen LogP contribution in [0.4, 0.5) is 24.7 Å². The maximum Gasteiger partial charge on any atom is 0.434 e. The van der Waals surface area contributed by atoms with Crippen molar-refractivity contribution in [1.82, 2.24) is 14.7 Å². The van der Waals surface area contributed by atoms with Crippen molar-refractivity contribution in [2.75, 3.05) is 10.6 Å². The third kappa shape index (κ3) is 5.44. The minimum atomic E-state index is -4.50. The first-order valence-corrected chi connectivity index (χ1v) is 10.7. The van der Waals surface area contributed by atoms with Crippen molar-refractivity contribution >= 4 is 29.0 Å². The highest BCUT2D eigenvalue weighted by Gasteiger charge is 2.34. The molecule has 2 aromatic heterocycles. The van der Waals surface area contributed by atoms with E-state index in [0.29, 0.717) is 17.1 Å². The van der Waals surface area contributed by atoms with Crippen LogP contribution in [0, 0.1) is 0 Å². The lowest BCUT2D eigenvalue weighted by atomic mass is 9.91. The number of pyridine rings is 1. The van der Waals surface area contributed by atoms with Crippen molar-refractivity contribution in [3.63, 3.8) is 0 Å². The van der Waals surface area contributed by atoms with E-state index < -0.39 is 11.9 Å². The lowest BCUT2D eigenvalue weighted by Crippen LogP contribution is -2.40. The molecule has 1 aromatic carbocycles. The number of hydrogen-bond donors (Lipinski definition) is 3. The summed E-state index contributed by atoms with van der Waals surface area (Å²) in [5.74, 6) is 0.202. The second-order valence-electron chi connectivity index (χ2n) is 8.19. The van der Waals surface area contributed by atoms with Crippen molar-refractivity contribution in [2.45, 2.75) is 50.9 Å². The SMILES string of the molecule is CC(=O)Nc1ccc(C(=O)N[C@H]2CC[C@@H](Nc3cccc4nc(C(F)(F)F)cn34)CC2)cc1. The number of fused-ring (bicyclic) bond motifs is 1. The molecule has 1 fully saturated rings. The van der Waals surface area contributed by atoms with Crippen LogP contribution in [0.3, 0.4) is 0 Å². The molecule has 174 valence electrons. The monoisotopic (exact) mass is 459 g/mol. The first-order chi connectivity index (χ1) is 15.7. The predicted molar refractivity (Wildman–Crippen MR) is 118 cm³/mol. The zero-order valence-corrected chi connectivity index (χ0v) is 17.9. The molecule has 3 aromatic rings. The van der Waals surface area contributed by atoms with Crippen molar-refractivity contribution in [3.8, 4) is 0 Å². The number of imidazole rings is 1. The Balaban J connectivity index is 1.32. The molecule has 0 aliphatic heterocycles. The molecule has 10 heteroatoms. The standard InChI is InChI=1S/C23H24F3N5O2/c1-14(32)27-16-7-5-15(6-8-16)22(33)29-18-11-9-17(10-12-18)28-20-3-2-4-21-30-19(13-31(20)21)23(24,25)26/h2-8,13,17-18,28H,9-12H2,1H3,(H,27,32)(H,29,33)/t17-,18+. The van der Waals surface area contributed by atoms with Crippen LogP contribution in [0.1, 0.15) is 48.7 Å². The number of anilines is 2. The van der Waals surface area contributed by atoms with E-state index in [1.807, 2.05) is 0 Å². The summed E-state index contributed by atoms with van der Waals surface area (Å²) in [4.78, 5) is 27.3. The second-order valence-corrected chi connectivity index (χ2v) is 8.19. The van der Waals surface area contributed by atoms with Gasteiger partial charge in [-0.1, -0.05) is 6.07 Å². The highest BCUT2D eigenvalue weighted by Crippen LogP contribution is 2.30. The average molecular weight is 459 g/mol. The maximum absolute atomic E-state index is 13.0. The van der Waals surface area contributed by atoms with Crippen LogP contribution in [0.15, 0.2) is 48.7 Å². The van der Waals surface area contributed by atoms with E-state index in [1.54, 1.807) is 36.4 Å². The minimum Gasteiger partial charge on any atom is -0.368 e. The first-order valence-electron chi connectivity index (χ1n) is 10.7. The fourth-order valence-corrected chi connectivity index (χ4v) is 4.03. The van der Waals surface area contributed by atoms with Crippen LogP contribution in [0.5, 0.6) is 0 Å². The minimum absolute atomic E-state index is 0.0199. The Bertz CT molecular complexity index is 1150. The van der Waals surface area contributed by atoms with E-state index in [9.17, 15) is 22.8 Å². The van der Waals surface area contributed by atoms with E-state index in [4.69, 9.17) is 0 Å². The Morgan fingerprint density at radius 2 is 1.67 bits per heavy atom. The molecule has 0 spiro atoms. The Kier molecular flexibility index (Phi) is 6.26. The van der Waals surface area contributed by atoms with Gasteiger partial charge in [0.2, 0.25) is 5.91 Å². The molecule has 1 aliphatic carbocycles. The van der Waals surface area contributed by atoms with Crippen LogP contribution in [0.2, 0.25) is 0 Å². The Morgan fingerprint density at radius 3 is 2.30 bits per heavy atom. The van der Waals surface area contributed by atoms with Gasteiger partial charge in [0.1, 0.15) is 11.5 Å². The Hall–Kier alpha value is -3.56. The van der Waals surface area contributed by atoms with Crippen LogP contribution in [-0.4, -0.2) is 33.3 Å². The van der Waals surface area contributed by atoms with Crippen LogP contribution < -0.4 is 16.0 Å². The van der Waals surface area contributed by atoms with Crippen LogP contribution in [0.25, 0.3) is 5.65 Å². The number of benzene rings is 1. The molecule has 4 rings (SSSR count). The molecule has 1 aliphatic rings. The van der Waals surface area contributed by atoms with Gasteiger partial charge in [-0.05, 0) is 62.1 Å². The van der Waals surface area contributed by atoms with Gasteiger partial charge in [-0.3, -0.25) is 14.0 Å². The number of carbonyl (C=O) groups is 2. The zero-order chi connectivity index (χ0) is 23.6. The number of alkyl halides is 3. The summed E-state index contributed by atoms with van der Waals surface area (Å²) in [5.41, 5.74) is 0.448. The fraction of sp³-hybridized carbons (Fsp3) is 0.348. The summed E-state index contributed by atoms with van der Waals surface area (Å²) in [6.45, 7) is 1.42. The number of hydrogen-bond acceptors (Lipinski definition) is 4. The van der Waals surface area contributed by atoms with E-state index >= 15 is 0 Å². The summed E-state index contributed by atoms with van der Waals surface area (Å²) < 4.78 is 40.4. The van der Waals surface area contributed by atoms with Crippen molar-refractivity contribution in [1.29, 1.82) is 0 Å². The Morgan fingerprint density at radius 1 is 1.00 bits per heavy atom. The molecule has 0 unspecified atom stereocenters. The zero-order valence-electron chi connectivity index (χ0n) is 17.9. The highest BCUT2D eigenvalue weighted by molar-refractivity contribution is 5.95. The number of amides is 2. The van der Waals surface area contributed by atoms with Gasteiger partial charge >= 0.3 is 6.18 Å². The van der Waals surface area contributed by atoms with E-state index in [2.05, 4.69) is 20.9 Å². The van der Waals surface area contributed by atoms with Gasteiger partial charge in [0.15, 0.2) is 5.69 Å². The number of aromatic nitrogens is 2. The molecule has 0 bridgehead atoms. The van der Waals surface area contributed by atoms with Crippen LogP contribution >= 0.6 is 0 Å². The van der Waals surface area contributed by atoms with Gasteiger partial charge < -0.3 is 16.0 Å². The van der Waals surface area contributed by atoms with Gasteiger partial charge in [0.05, 0.1) is 0 Å². The third-order valence-electron chi connectivity index (χ3n) is 5.66. The molecule has 3 N–H and O–H groups in total. The molecule has 1 saturated carbocycles. The molecule has 33 heavy (non-hydrogen) atoms. The molecule has 2 amide bonds.